The van der Waals surface area contributed by atoms with E-state index in [1.54, 1.807) is 0 Å². The van der Waals surface area contributed by atoms with Gasteiger partial charge in [0.15, 0.2) is 0 Å². The van der Waals surface area contributed by atoms with Gasteiger partial charge in [-0.3, -0.25) is 10.1 Å². The second-order valence-corrected chi connectivity index (χ2v) is 5.62. The van der Waals surface area contributed by atoms with E-state index < -0.39 is 30.3 Å². The van der Waals surface area contributed by atoms with Crippen molar-refractivity contribution < 1.29 is 18.1 Å². The zero-order valence-corrected chi connectivity index (χ0v) is 10.1. The molecule has 0 N–H and O–H groups in total. The summed E-state index contributed by atoms with van der Waals surface area (Å²) in [5.41, 5.74) is -0.561. The van der Waals surface area contributed by atoms with Crippen molar-refractivity contribution in [2.45, 2.75) is 4.90 Å². The van der Waals surface area contributed by atoms with Crippen LogP contribution in [0.15, 0.2) is 17.0 Å². The van der Waals surface area contributed by atoms with Crippen LogP contribution in [0.3, 0.4) is 0 Å². The van der Waals surface area contributed by atoms with E-state index in [4.69, 9.17) is 22.3 Å². The van der Waals surface area contributed by atoms with Crippen molar-refractivity contribution in [2.75, 3.05) is 7.11 Å². The zero-order chi connectivity index (χ0) is 12.5. The summed E-state index contributed by atoms with van der Waals surface area (Å²) in [4.78, 5) is 9.30. The first-order chi connectivity index (χ1) is 7.27. The fourth-order valence-electron chi connectivity index (χ4n) is 1.08. The second-order valence-electron chi connectivity index (χ2n) is 2.65. The number of rotatable bonds is 3. The number of ether oxygens (including phenoxy) is 1. The summed E-state index contributed by atoms with van der Waals surface area (Å²) in [6, 6.07) is 1.96. The van der Waals surface area contributed by atoms with E-state index in [1.807, 2.05) is 0 Å². The molecule has 6 nitrogen and oxygen atoms in total. The normalized spacial score (nSPS) is 11.2. The minimum absolute atomic E-state index is 0.119. The molecule has 0 spiro atoms. The lowest BCUT2D eigenvalue weighted by molar-refractivity contribution is -0.386. The van der Waals surface area contributed by atoms with Crippen molar-refractivity contribution in [1.29, 1.82) is 0 Å². The van der Waals surface area contributed by atoms with Gasteiger partial charge in [-0.2, -0.15) is 0 Å². The van der Waals surface area contributed by atoms with Crippen LogP contribution in [0, 0.1) is 10.1 Å². The lowest BCUT2D eigenvalue weighted by atomic mass is 10.3. The number of nitro benzene ring substituents is 1. The Labute approximate surface area is 100 Å². The number of nitro groups is 1. The lowest BCUT2D eigenvalue weighted by Gasteiger charge is -2.06. The molecule has 1 aromatic rings. The van der Waals surface area contributed by atoms with Gasteiger partial charge in [-0.1, -0.05) is 11.6 Å². The molecular weight excluding hydrogens is 281 g/mol. The van der Waals surface area contributed by atoms with Crippen LogP contribution in [0.2, 0.25) is 5.02 Å². The van der Waals surface area contributed by atoms with E-state index in [1.165, 1.54) is 0 Å². The smallest absolute Gasteiger partial charge is 0.313 e. The molecule has 16 heavy (non-hydrogen) atoms. The Bertz CT molecular complexity index is 542. The summed E-state index contributed by atoms with van der Waals surface area (Å²) >= 11 is 5.55. The highest BCUT2D eigenvalue weighted by Crippen LogP contribution is 2.38. The topological polar surface area (TPSA) is 86.5 Å². The Hall–Kier alpha value is -1.05. The first-order valence-corrected chi connectivity index (χ1v) is 6.42. The van der Waals surface area contributed by atoms with Crippen LogP contribution in [0.1, 0.15) is 0 Å². The molecule has 0 unspecified atom stereocenters. The molecule has 0 radical (unpaired) electrons. The predicted molar refractivity (Wildman–Crippen MR) is 57.7 cm³/mol. The first kappa shape index (κ1) is 13.0. The van der Waals surface area contributed by atoms with Crippen molar-refractivity contribution in [3.8, 4) is 5.75 Å². The minimum Gasteiger partial charge on any atom is -0.489 e. The van der Waals surface area contributed by atoms with Gasteiger partial charge in [-0.25, -0.2) is 8.42 Å². The third-order valence-corrected chi connectivity index (χ3v) is 3.21. The average Bonchev–Trinajstić information content (AvgIpc) is 2.14. The second kappa shape index (κ2) is 4.44. The molecule has 9 heteroatoms. The van der Waals surface area contributed by atoms with Crippen LogP contribution in [-0.2, 0) is 9.05 Å². The van der Waals surface area contributed by atoms with Crippen LogP contribution in [-0.4, -0.2) is 20.5 Å². The number of halogens is 2. The summed E-state index contributed by atoms with van der Waals surface area (Å²) in [5.74, 6) is -0.440. The van der Waals surface area contributed by atoms with Crippen LogP contribution in [0.4, 0.5) is 5.69 Å². The SMILES string of the molecule is COc1c([N+](=O)[O-])cc(Cl)cc1S(=O)(=O)Cl. The Morgan fingerprint density at radius 2 is 2.00 bits per heavy atom. The molecule has 0 atom stereocenters. The Balaban J connectivity index is 3.68. The van der Waals surface area contributed by atoms with Crippen LogP contribution in [0.5, 0.6) is 5.75 Å². The van der Waals surface area contributed by atoms with Gasteiger partial charge < -0.3 is 4.74 Å². The summed E-state index contributed by atoms with van der Waals surface area (Å²) in [6.07, 6.45) is 0. The molecule has 0 aliphatic rings. The van der Waals surface area contributed by atoms with Gasteiger partial charge in [0.2, 0.25) is 5.75 Å². The molecule has 0 saturated carbocycles. The number of benzene rings is 1. The van der Waals surface area contributed by atoms with Gasteiger partial charge in [0.1, 0.15) is 4.90 Å². The molecular formula is C7H5Cl2NO5S. The van der Waals surface area contributed by atoms with Crippen molar-refractivity contribution in [3.05, 3.63) is 27.3 Å². The maximum atomic E-state index is 11.1. The van der Waals surface area contributed by atoms with Crippen molar-refractivity contribution in [1.82, 2.24) is 0 Å². The van der Waals surface area contributed by atoms with Crippen molar-refractivity contribution in [3.63, 3.8) is 0 Å². The number of hydrogen-bond donors (Lipinski definition) is 0. The summed E-state index contributed by atoms with van der Waals surface area (Å²) in [6.45, 7) is 0. The van der Waals surface area contributed by atoms with Crippen LogP contribution >= 0.6 is 22.3 Å². The molecule has 0 amide bonds. The molecule has 1 aromatic carbocycles. The van der Waals surface area contributed by atoms with Crippen LogP contribution in [0.25, 0.3) is 0 Å². The standard InChI is InChI=1S/C7H5Cl2NO5S/c1-15-7-5(10(11)12)2-4(8)3-6(7)16(9,13)14/h2-3H,1H3. The Morgan fingerprint density at radius 1 is 1.44 bits per heavy atom. The van der Waals surface area contributed by atoms with E-state index in [2.05, 4.69) is 4.74 Å². The molecule has 0 aliphatic heterocycles. The van der Waals surface area contributed by atoms with Gasteiger partial charge >= 0.3 is 5.69 Å². The third kappa shape index (κ3) is 2.55. The summed E-state index contributed by atoms with van der Waals surface area (Å²) < 4.78 is 26.9. The van der Waals surface area contributed by atoms with Gasteiger partial charge in [0.05, 0.1) is 12.0 Å². The highest BCUT2D eigenvalue weighted by atomic mass is 35.7. The quantitative estimate of drug-likeness (QED) is 0.483. The number of hydrogen-bond acceptors (Lipinski definition) is 5. The van der Waals surface area contributed by atoms with Crippen molar-refractivity contribution >= 4 is 37.0 Å². The van der Waals surface area contributed by atoms with E-state index in [0.29, 0.717) is 0 Å². The van der Waals surface area contributed by atoms with Gasteiger partial charge in [-0.05, 0) is 6.07 Å². The Kier molecular flexibility index (Phi) is 3.61. The van der Waals surface area contributed by atoms with Gasteiger partial charge in [-0.15, -0.1) is 0 Å². The highest BCUT2D eigenvalue weighted by Gasteiger charge is 2.26. The molecule has 0 aliphatic carbocycles. The van der Waals surface area contributed by atoms with E-state index in [-0.39, 0.29) is 5.02 Å². The number of methoxy groups -OCH3 is 1. The molecule has 0 saturated heterocycles. The number of nitrogens with zero attached hydrogens (tertiary/aromatic N) is 1. The maximum Gasteiger partial charge on any atom is 0.313 e. The zero-order valence-electron chi connectivity index (χ0n) is 7.81. The van der Waals surface area contributed by atoms with Gasteiger partial charge in [0, 0.05) is 21.8 Å². The molecule has 88 valence electrons. The monoisotopic (exact) mass is 285 g/mol. The molecule has 0 heterocycles. The first-order valence-electron chi connectivity index (χ1n) is 3.74. The average molecular weight is 286 g/mol. The molecule has 0 aromatic heterocycles. The fourth-order valence-corrected chi connectivity index (χ4v) is 2.37. The van der Waals surface area contributed by atoms with E-state index >= 15 is 0 Å². The Morgan fingerprint density at radius 3 is 2.38 bits per heavy atom. The minimum atomic E-state index is -4.17. The van der Waals surface area contributed by atoms with Crippen molar-refractivity contribution in [2.24, 2.45) is 0 Å². The maximum absolute atomic E-state index is 11.1. The van der Waals surface area contributed by atoms with Gasteiger partial charge in [0.25, 0.3) is 9.05 Å². The predicted octanol–water partition coefficient (Wildman–Crippen LogP) is 2.18. The fraction of sp³-hybridized carbons (Fsp3) is 0.143. The lowest BCUT2D eigenvalue weighted by Crippen LogP contribution is -2.00. The summed E-state index contributed by atoms with van der Waals surface area (Å²) in [7, 11) is 2.04. The van der Waals surface area contributed by atoms with E-state index in [9.17, 15) is 18.5 Å². The third-order valence-electron chi connectivity index (χ3n) is 1.66. The highest BCUT2D eigenvalue weighted by molar-refractivity contribution is 8.13. The van der Waals surface area contributed by atoms with Crippen LogP contribution < -0.4 is 4.74 Å². The largest absolute Gasteiger partial charge is 0.489 e. The molecule has 0 bridgehead atoms. The molecule has 1 rings (SSSR count). The summed E-state index contributed by atoms with van der Waals surface area (Å²) in [5, 5.41) is 10.5. The van der Waals surface area contributed by atoms with E-state index in [0.717, 1.165) is 19.2 Å². The molecule has 0 fully saturated rings.